The monoisotopic (exact) mass is 498 g/mol. The highest BCUT2D eigenvalue weighted by atomic mass is 19.4. The second kappa shape index (κ2) is 9.50. The molecule has 1 fully saturated rings. The first-order valence-electron chi connectivity index (χ1n) is 11.8. The summed E-state index contributed by atoms with van der Waals surface area (Å²) in [6.07, 6.45) is -1.43. The smallest absolute Gasteiger partial charge is 0.354 e. The van der Waals surface area contributed by atoms with E-state index >= 15 is 0 Å². The molecule has 0 bridgehead atoms. The van der Waals surface area contributed by atoms with Gasteiger partial charge in [-0.05, 0) is 43.5 Å². The van der Waals surface area contributed by atoms with Crippen LogP contribution in [0.3, 0.4) is 0 Å². The number of nitrogens with one attached hydrogen (secondary N) is 1. The summed E-state index contributed by atoms with van der Waals surface area (Å²) in [4.78, 5) is 2.17. The van der Waals surface area contributed by atoms with E-state index in [1.807, 2.05) is 37.4 Å². The van der Waals surface area contributed by atoms with E-state index in [1.54, 1.807) is 17.8 Å². The number of anilines is 1. The Labute approximate surface area is 205 Å². The molecule has 188 valence electrons. The predicted molar refractivity (Wildman–Crippen MR) is 130 cm³/mol. The lowest BCUT2D eigenvalue weighted by atomic mass is 9.97. The van der Waals surface area contributed by atoms with E-state index in [0.717, 1.165) is 46.9 Å². The molecule has 3 heterocycles. The van der Waals surface area contributed by atoms with Gasteiger partial charge in [-0.3, -0.25) is 4.68 Å². The van der Waals surface area contributed by atoms with E-state index in [0.29, 0.717) is 19.2 Å². The van der Waals surface area contributed by atoms with Gasteiger partial charge in [-0.1, -0.05) is 30.3 Å². The van der Waals surface area contributed by atoms with Gasteiger partial charge in [-0.15, -0.1) is 10.2 Å². The van der Waals surface area contributed by atoms with Crippen molar-refractivity contribution >= 4 is 16.6 Å². The van der Waals surface area contributed by atoms with Crippen LogP contribution in [0.4, 0.5) is 23.4 Å². The van der Waals surface area contributed by atoms with Gasteiger partial charge in [0.05, 0.1) is 11.3 Å². The van der Waals surface area contributed by atoms with Gasteiger partial charge < -0.3 is 10.2 Å². The molecular formula is C26H26F4N6. The summed E-state index contributed by atoms with van der Waals surface area (Å²) < 4.78 is 55.6. The minimum atomic E-state index is -4.61. The number of benzene rings is 2. The summed E-state index contributed by atoms with van der Waals surface area (Å²) in [7, 11) is 1.86. The Morgan fingerprint density at radius 2 is 1.72 bits per heavy atom. The number of aromatic nitrogens is 4. The fraction of sp³-hybridized carbons (Fsp3) is 0.346. The SMILES string of the molecule is CC(NC1CCN(c2nnc(-c3ccnn3C)c3ccccc23)CC1)c1ccc(F)cc1C(F)(F)F. The summed E-state index contributed by atoms with van der Waals surface area (Å²) in [5, 5.41) is 18.6. The topological polar surface area (TPSA) is 58.9 Å². The Morgan fingerprint density at radius 3 is 2.39 bits per heavy atom. The van der Waals surface area contributed by atoms with Crippen LogP contribution in [0.1, 0.15) is 36.9 Å². The first-order chi connectivity index (χ1) is 17.2. The molecule has 1 unspecified atom stereocenters. The van der Waals surface area contributed by atoms with Crippen LogP contribution in [0.2, 0.25) is 0 Å². The minimum Gasteiger partial charge on any atom is -0.354 e. The molecule has 1 aliphatic heterocycles. The molecule has 1 atom stereocenters. The van der Waals surface area contributed by atoms with E-state index in [1.165, 1.54) is 6.07 Å². The first-order valence-corrected chi connectivity index (χ1v) is 11.8. The Bertz CT molecular complexity index is 1370. The molecule has 2 aromatic heterocycles. The maximum atomic E-state index is 13.5. The van der Waals surface area contributed by atoms with Gasteiger partial charge in [0, 0.05) is 49.2 Å². The van der Waals surface area contributed by atoms with Crippen LogP contribution in [-0.2, 0) is 13.2 Å². The van der Waals surface area contributed by atoms with Crippen LogP contribution in [-0.4, -0.2) is 39.1 Å². The lowest BCUT2D eigenvalue weighted by Gasteiger charge is -2.35. The lowest BCUT2D eigenvalue weighted by molar-refractivity contribution is -0.138. The number of hydrogen-bond acceptors (Lipinski definition) is 5. The van der Waals surface area contributed by atoms with Gasteiger partial charge in [-0.2, -0.15) is 18.3 Å². The van der Waals surface area contributed by atoms with Crippen LogP contribution in [0.15, 0.2) is 54.7 Å². The van der Waals surface area contributed by atoms with E-state index < -0.39 is 23.6 Å². The van der Waals surface area contributed by atoms with Crippen molar-refractivity contribution in [1.29, 1.82) is 0 Å². The molecule has 1 saturated heterocycles. The zero-order valence-electron chi connectivity index (χ0n) is 19.9. The predicted octanol–water partition coefficient (Wildman–Crippen LogP) is 5.51. The average molecular weight is 499 g/mol. The zero-order valence-corrected chi connectivity index (χ0v) is 19.9. The maximum absolute atomic E-state index is 13.5. The van der Waals surface area contributed by atoms with Gasteiger partial charge in [0.25, 0.3) is 0 Å². The number of halogens is 4. The number of hydrogen-bond donors (Lipinski definition) is 1. The van der Waals surface area contributed by atoms with E-state index in [4.69, 9.17) is 0 Å². The molecule has 0 amide bonds. The van der Waals surface area contributed by atoms with Crippen molar-refractivity contribution < 1.29 is 17.6 Å². The molecule has 2 aromatic carbocycles. The summed E-state index contributed by atoms with van der Waals surface area (Å²) in [5.41, 5.74) is 0.754. The Kier molecular flexibility index (Phi) is 6.38. The largest absolute Gasteiger partial charge is 0.416 e. The number of fused-ring (bicyclic) bond motifs is 1. The molecule has 6 nitrogen and oxygen atoms in total. The van der Waals surface area contributed by atoms with Gasteiger partial charge in [0.2, 0.25) is 0 Å². The normalized spacial score (nSPS) is 16.0. The van der Waals surface area contributed by atoms with Crippen molar-refractivity contribution in [3.8, 4) is 11.4 Å². The highest BCUT2D eigenvalue weighted by molar-refractivity contribution is 5.99. The van der Waals surface area contributed by atoms with Gasteiger partial charge in [-0.25, -0.2) is 4.39 Å². The first kappa shape index (κ1) is 24.2. The highest BCUT2D eigenvalue weighted by Gasteiger charge is 2.35. The van der Waals surface area contributed by atoms with Crippen molar-refractivity contribution in [2.45, 2.75) is 38.0 Å². The molecule has 5 rings (SSSR count). The average Bonchev–Trinajstić information content (AvgIpc) is 3.29. The number of rotatable bonds is 5. The van der Waals surface area contributed by atoms with Crippen LogP contribution in [0.25, 0.3) is 22.2 Å². The number of piperidine rings is 1. The molecule has 0 saturated carbocycles. The van der Waals surface area contributed by atoms with Crippen LogP contribution < -0.4 is 10.2 Å². The molecule has 1 N–H and O–H groups in total. The third-order valence-electron chi connectivity index (χ3n) is 6.80. The summed E-state index contributed by atoms with van der Waals surface area (Å²) in [6, 6.07) is 12.2. The summed E-state index contributed by atoms with van der Waals surface area (Å²) in [6.45, 7) is 3.05. The minimum absolute atomic E-state index is 0.0235. The van der Waals surface area contributed by atoms with Crippen molar-refractivity contribution in [2.75, 3.05) is 18.0 Å². The lowest BCUT2D eigenvalue weighted by Crippen LogP contribution is -2.44. The standard InChI is InChI=1S/C26H26F4N6/c1-16(19-8-7-17(27)15-22(19)26(28,29)30)32-18-10-13-36(14-11-18)25-21-6-4-3-5-20(21)24(33-34-25)23-9-12-31-35(23)2/h3-9,12,15-16,18,32H,10-11,13-14H2,1-2H3. The van der Waals surface area contributed by atoms with Crippen LogP contribution in [0, 0.1) is 5.82 Å². The maximum Gasteiger partial charge on any atom is 0.416 e. The fourth-order valence-electron chi connectivity index (χ4n) is 4.97. The summed E-state index contributed by atoms with van der Waals surface area (Å²) in [5.74, 6) is -0.102. The highest BCUT2D eigenvalue weighted by Crippen LogP contribution is 2.36. The Hall–Kier alpha value is -3.53. The quantitative estimate of drug-likeness (QED) is 0.368. The third-order valence-corrected chi connectivity index (χ3v) is 6.80. The van der Waals surface area contributed by atoms with Crippen molar-refractivity contribution in [3.05, 3.63) is 71.7 Å². The zero-order chi connectivity index (χ0) is 25.4. The molecule has 36 heavy (non-hydrogen) atoms. The van der Waals surface area contributed by atoms with E-state index in [9.17, 15) is 17.6 Å². The van der Waals surface area contributed by atoms with Gasteiger partial charge >= 0.3 is 6.18 Å². The molecule has 10 heteroatoms. The van der Waals surface area contributed by atoms with Crippen LogP contribution >= 0.6 is 0 Å². The molecule has 0 aliphatic carbocycles. The fourth-order valence-corrected chi connectivity index (χ4v) is 4.97. The van der Waals surface area contributed by atoms with E-state index in [-0.39, 0.29) is 11.6 Å². The van der Waals surface area contributed by atoms with Gasteiger partial charge in [0.15, 0.2) is 5.82 Å². The van der Waals surface area contributed by atoms with Crippen molar-refractivity contribution in [1.82, 2.24) is 25.3 Å². The molecule has 4 aromatic rings. The molecule has 0 spiro atoms. The molecule has 0 radical (unpaired) electrons. The number of alkyl halides is 3. The van der Waals surface area contributed by atoms with Crippen LogP contribution in [0.5, 0.6) is 0 Å². The number of nitrogens with zero attached hydrogens (tertiary/aromatic N) is 5. The van der Waals surface area contributed by atoms with E-state index in [2.05, 4.69) is 25.5 Å². The molecule has 1 aliphatic rings. The third kappa shape index (κ3) is 4.65. The Balaban J connectivity index is 1.32. The summed E-state index contributed by atoms with van der Waals surface area (Å²) >= 11 is 0. The van der Waals surface area contributed by atoms with Crippen molar-refractivity contribution in [3.63, 3.8) is 0 Å². The Morgan fingerprint density at radius 1 is 1.00 bits per heavy atom. The number of aryl methyl sites for hydroxylation is 1. The second-order valence-corrected chi connectivity index (χ2v) is 9.14. The van der Waals surface area contributed by atoms with Gasteiger partial charge in [0.1, 0.15) is 11.5 Å². The second-order valence-electron chi connectivity index (χ2n) is 9.14. The van der Waals surface area contributed by atoms with Crippen molar-refractivity contribution in [2.24, 2.45) is 7.05 Å². The molecular weight excluding hydrogens is 472 g/mol.